The standard InChI is InChI=1S/C21H16ClNO5S/c1-11-6-16-13(8-14(11)22)12(7-20(25)28-16)10-27-19(24)9-18-21(26)23-15-4-2-3-5-17(15)29-18/h2-8,18H,9-10H2,1H3,(H,23,26). The SMILES string of the molecule is Cc1cc2oc(=O)cc(COC(=O)CC3Sc4ccccc4NC3=O)c2cc1Cl. The summed E-state index contributed by atoms with van der Waals surface area (Å²) in [6.07, 6.45) is -0.0793. The predicted octanol–water partition coefficient (Wildman–Crippen LogP) is 4.30. The van der Waals surface area contributed by atoms with Crippen LogP contribution in [0, 0.1) is 6.92 Å². The molecule has 6 nitrogen and oxygen atoms in total. The second-order valence-electron chi connectivity index (χ2n) is 6.64. The number of hydrogen-bond donors (Lipinski definition) is 1. The molecule has 0 aliphatic carbocycles. The average Bonchev–Trinajstić information content (AvgIpc) is 2.68. The molecule has 1 aliphatic rings. The summed E-state index contributed by atoms with van der Waals surface area (Å²) in [7, 11) is 0. The fraction of sp³-hybridized carbons (Fsp3) is 0.190. The number of carbonyl (C=O) groups is 2. The molecule has 3 aromatic rings. The summed E-state index contributed by atoms with van der Waals surface area (Å²) in [6, 6.07) is 12.0. The zero-order valence-electron chi connectivity index (χ0n) is 15.4. The van der Waals surface area contributed by atoms with E-state index in [0.717, 1.165) is 16.1 Å². The molecule has 1 N–H and O–H groups in total. The number of amides is 1. The van der Waals surface area contributed by atoms with Gasteiger partial charge in [-0.05, 0) is 36.8 Å². The number of para-hydroxylation sites is 1. The molecule has 0 saturated heterocycles. The van der Waals surface area contributed by atoms with Crippen LogP contribution in [0.2, 0.25) is 5.02 Å². The van der Waals surface area contributed by atoms with Crippen LogP contribution < -0.4 is 10.9 Å². The van der Waals surface area contributed by atoms with Crippen LogP contribution in [0.5, 0.6) is 0 Å². The highest BCUT2D eigenvalue weighted by Gasteiger charge is 2.29. The van der Waals surface area contributed by atoms with Gasteiger partial charge < -0.3 is 14.5 Å². The maximum atomic E-state index is 12.3. The molecule has 0 saturated carbocycles. The zero-order chi connectivity index (χ0) is 20.5. The van der Waals surface area contributed by atoms with Gasteiger partial charge in [-0.15, -0.1) is 11.8 Å². The van der Waals surface area contributed by atoms with Gasteiger partial charge in [0.15, 0.2) is 0 Å². The molecule has 148 valence electrons. The van der Waals surface area contributed by atoms with Crippen LogP contribution in [-0.2, 0) is 20.9 Å². The zero-order valence-corrected chi connectivity index (χ0v) is 16.9. The van der Waals surface area contributed by atoms with E-state index in [9.17, 15) is 14.4 Å². The molecule has 0 spiro atoms. The number of hydrogen-bond acceptors (Lipinski definition) is 6. The van der Waals surface area contributed by atoms with Crippen molar-refractivity contribution in [3.8, 4) is 0 Å². The first-order valence-corrected chi connectivity index (χ1v) is 10.1. The number of rotatable bonds is 4. The van der Waals surface area contributed by atoms with E-state index in [-0.39, 0.29) is 18.9 Å². The van der Waals surface area contributed by atoms with E-state index >= 15 is 0 Å². The summed E-state index contributed by atoms with van der Waals surface area (Å²) >= 11 is 7.50. The molecule has 0 radical (unpaired) electrons. The Balaban J connectivity index is 1.47. The fourth-order valence-electron chi connectivity index (χ4n) is 3.06. The molecule has 4 rings (SSSR count). The van der Waals surface area contributed by atoms with Crippen LogP contribution in [0.25, 0.3) is 11.0 Å². The van der Waals surface area contributed by atoms with Gasteiger partial charge in [0, 0.05) is 26.9 Å². The Morgan fingerprint density at radius 1 is 1.24 bits per heavy atom. The number of fused-ring (bicyclic) bond motifs is 2. The van der Waals surface area contributed by atoms with Crippen LogP contribution in [0.4, 0.5) is 5.69 Å². The quantitative estimate of drug-likeness (QED) is 0.491. The minimum atomic E-state index is -0.577. The maximum Gasteiger partial charge on any atom is 0.336 e. The van der Waals surface area contributed by atoms with Crippen LogP contribution in [0.3, 0.4) is 0 Å². The minimum Gasteiger partial charge on any atom is -0.461 e. The molecule has 2 aromatic carbocycles. The highest BCUT2D eigenvalue weighted by atomic mass is 35.5. The molecular formula is C21H16ClNO5S. The van der Waals surface area contributed by atoms with Crippen LogP contribution >= 0.6 is 23.4 Å². The highest BCUT2D eigenvalue weighted by Crippen LogP contribution is 2.36. The maximum absolute atomic E-state index is 12.3. The summed E-state index contributed by atoms with van der Waals surface area (Å²) in [6.45, 7) is 1.69. The lowest BCUT2D eigenvalue weighted by molar-refractivity contribution is -0.145. The van der Waals surface area contributed by atoms with E-state index in [1.54, 1.807) is 19.1 Å². The van der Waals surface area contributed by atoms with E-state index in [0.29, 0.717) is 21.6 Å². The lowest BCUT2D eigenvalue weighted by atomic mass is 10.1. The van der Waals surface area contributed by atoms with Crippen LogP contribution in [-0.4, -0.2) is 17.1 Å². The lowest BCUT2D eigenvalue weighted by Crippen LogP contribution is -2.31. The van der Waals surface area contributed by atoms with E-state index in [1.165, 1.54) is 17.8 Å². The van der Waals surface area contributed by atoms with Crippen molar-refractivity contribution >= 4 is 51.9 Å². The first-order valence-electron chi connectivity index (χ1n) is 8.86. The number of nitrogens with one attached hydrogen (secondary N) is 1. The summed E-state index contributed by atoms with van der Waals surface area (Å²) in [5.41, 5.74) is 1.85. The normalized spacial score (nSPS) is 15.7. The Morgan fingerprint density at radius 3 is 2.86 bits per heavy atom. The second kappa shape index (κ2) is 7.93. The molecule has 1 unspecified atom stereocenters. The van der Waals surface area contributed by atoms with Crippen molar-refractivity contribution in [3.05, 3.63) is 69.0 Å². The van der Waals surface area contributed by atoms with Crippen molar-refractivity contribution in [3.63, 3.8) is 0 Å². The molecule has 29 heavy (non-hydrogen) atoms. The average molecular weight is 430 g/mol. The molecule has 0 fully saturated rings. The summed E-state index contributed by atoms with van der Waals surface area (Å²) in [4.78, 5) is 37.3. The first kappa shape index (κ1) is 19.5. The second-order valence-corrected chi connectivity index (χ2v) is 8.30. The molecule has 8 heteroatoms. The van der Waals surface area contributed by atoms with Crippen LogP contribution in [0.15, 0.2) is 56.6 Å². The van der Waals surface area contributed by atoms with E-state index in [2.05, 4.69) is 5.32 Å². The van der Waals surface area contributed by atoms with E-state index in [4.69, 9.17) is 20.8 Å². The van der Waals surface area contributed by atoms with Crippen molar-refractivity contribution < 1.29 is 18.7 Å². The highest BCUT2D eigenvalue weighted by molar-refractivity contribution is 8.01. The fourth-order valence-corrected chi connectivity index (χ4v) is 4.32. The minimum absolute atomic E-state index is 0.0793. The number of anilines is 1. The Kier molecular flexibility index (Phi) is 5.34. The van der Waals surface area contributed by atoms with Gasteiger partial charge in [0.25, 0.3) is 0 Å². The molecule has 1 amide bonds. The third-order valence-electron chi connectivity index (χ3n) is 4.56. The topological polar surface area (TPSA) is 85.6 Å². The Labute approximate surface area is 175 Å². The number of aryl methyl sites for hydroxylation is 1. The number of benzene rings is 2. The Hall–Kier alpha value is -2.77. The summed E-state index contributed by atoms with van der Waals surface area (Å²) in [5, 5.41) is 3.34. The third kappa shape index (κ3) is 4.16. The van der Waals surface area contributed by atoms with Gasteiger partial charge in [-0.1, -0.05) is 23.7 Å². The van der Waals surface area contributed by atoms with E-state index < -0.39 is 16.8 Å². The number of halogens is 1. The van der Waals surface area contributed by atoms with Gasteiger partial charge in [0.05, 0.1) is 17.4 Å². The largest absolute Gasteiger partial charge is 0.461 e. The number of thioether (sulfide) groups is 1. The van der Waals surface area contributed by atoms with Crippen molar-refractivity contribution in [2.75, 3.05) is 5.32 Å². The van der Waals surface area contributed by atoms with Gasteiger partial charge in [-0.25, -0.2) is 4.79 Å². The number of carbonyl (C=O) groups excluding carboxylic acids is 2. The number of ether oxygens (including phenoxy) is 1. The number of esters is 1. The van der Waals surface area contributed by atoms with Crippen molar-refractivity contribution in [2.24, 2.45) is 0 Å². The van der Waals surface area contributed by atoms with Gasteiger partial charge in [0.1, 0.15) is 12.2 Å². The van der Waals surface area contributed by atoms with Gasteiger partial charge >= 0.3 is 11.6 Å². The molecule has 1 aromatic heterocycles. The molecular weight excluding hydrogens is 414 g/mol. The Morgan fingerprint density at radius 2 is 2.03 bits per heavy atom. The van der Waals surface area contributed by atoms with Gasteiger partial charge in [-0.2, -0.15) is 0 Å². The monoisotopic (exact) mass is 429 g/mol. The van der Waals surface area contributed by atoms with Crippen LogP contribution in [0.1, 0.15) is 17.5 Å². The summed E-state index contributed by atoms with van der Waals surface area (Å²) in [5.74, 6) is -0.768. The van der Waals surface area contributed by atoms with Crippen molar-refractivity contribution in [1.29, 1.82) is 0 Å². The predicted molar refractivity (Wildman–Crippen MR) is 111 cm³/mol. The van der Waals surface area contributed by atoms with Gasteiger partial charge in [0.2, 0.25) is 5.91 Å². The molecule has 1 atom stereocenters. The molecule has 2 heterocycles. The molecule has 0 bridgehead atoms. The van der Waals surface area contributed by atoms with Crippen molar-refractivity contribution in [2.45, 2.75) is 30.1 Å². The summed E-state index contributed by atoms with van der Waals surface area (Å²) < 4.78 is 10.5. The first-order chi connectivity index (χ1) is 13.9. The third-order valence-corrected chi connectivity index (χ3v) is 6.24. The molecule has 1 aliphatic heterocycles. The lowest BCUT2D eigenvalue weighted by Gasteiger charge is -2.23. The van der Waals surface area contributed by atoms with Crippen molar-refractivity contribution in [1.82, 2.24) is 0 Å². The smallest absolute Gasteiger partial charge is 0.336 e. The van der Waals surface area contributed by atoms with Gasteiger partial charge in [-0.3, -0.25) is 9.59 Å². The Bertz CT molecular complexity index is 1190. The van der Waals surface area contributed by atoms with E-state index in [1.807, 2.05) is 24.3 Å².